The third-order valence-corrected chi connectivity index (χ3v) is 4.70. The van der Waals surface area contributed by atoms with Gasteiger partial charge in [0.1, 0.15) is 0 Å². The van der Waals surface area contributed by atoms with Gasteiger partial charge in [0, 0.05) is 12.1 Å². The van der Waals surface area contributed by atoms with Crippen LogP contribution in [0, 0.1) is 17.8 Å². The second-order valence-electron chi connectivity index (χ2n) is 8.36. The van der Waals surface area contributed by atoms with Gasteiger partial charge in [-0.25, -0.2) is 0 Å². The number of rotatable bonds is 3. The van der Waals surface area contributed by atoms with Gasteiger partial charge >= 0.3 is 0 Å². The summed E-state index contributed by atoms with van der Waals surface area (Å²) in [6.45, 7) is 14.2. The molecule has 1 heteroatoms. The molecular formula is C19H31N. The summed E-state index contributed by atoms with van der Waals surface area (Å²) in [5.74, 6) is 0. The third-order valence-electron chi connectivity index (χ3n) is 4.70. The second kappa shape index (κ2) is 5.52. The maximum absolute atomic E-state index is 3.89. The van der Waals surface area contributed by atoms with E-state index < -0.39 is 0 Å². The van der Waals surface area contributed by atoms with E-state index in [0.717, 1.165) is 0 Å². The van der Waals surface area contributed by atoms with E-state index in [1.807, 2.05) is 0 Å². The van der Waals surface area contributed by atoms with Crippen LogP contribution in [0.25, 0.3) is 0 Å². The highest BCUT2D eigenvalue weighted by Gasteiger charge is 2.38. The fraction of sp³-hybridized carbons (Fsp3) is 0.684. The molecule has 0 heterocycles. The highest BCUT2D eigenvalue weighted by molar-refractivity contribution is 5.28. The fourth-order valence-corrected chi connectivity index (χ4v) is 4.48. The standard InChI is InChI=1S/C19H31N/c1-14-9-7-8-10-17(14)15(2)20-16-11-18(3,4)13-19(5,6)12-16/h7-10,15-16,20H,11-13H2,1-6H3/t15-/m0/s1. The van der Waals surface area contributed by atoms with E-state index in [-0.39, 0.29) is 0 Å². The van der Waals surface area contributed by atoms with Gasteiger partial charge in [-0.2, -0.15) is 0 Å². The van der Waals surface area contributed by atoms with Crippen molar-refractivity contribution in [3.63, 3.8) is 0 Å². The Balaban J connectivity index is 2.08. The molecule has 0 amide bonds. The van der Waals surface area contributed by atoms with Crippen LogP contribution in [0.1, 0.15) is 71.0 Å². The maximum atomic E-state index is 3.89. The van der Waals surface area contributed by atoms with Crippen LogP contribution >= 0.6 is 0 Å². The van der Waals surface area contributed by atoms with Crippen molar-refractivity contribution in [3.05, 3.63) is 35.4 Å². The van der Waals surface area contributed by atoms with Gasteiger partial charge in [-0.05, 0) is 55.1 Å². The van der Waals surface area contributed by atoms with Crippen molar-refractivity contribution < 1.29 is 0 Å². The van der Waals surface area contributed by atoms with Crippen LogP contribution in [0.5, 0.6) is 0 Å². The quantitative estimate of drug-likeness (QED) is 0.793. The number of nitrogens with one attached hydrogen (secondary N) is 1. The highest BCUT2D eigenvalue weighted by atomic mass is 15.0. The molecular weight excluding hydrogens is 242 g/mol. The van der Waals surface area contributed by atoms with Crippen LogP contribution in [0.15, 0.2) is 24.3 Å². The first-order valence-corrected chi connectivity index (χ1v) is 8.00. The lowest BCUT2D eigenvalue weighted by molar-refractivity contribution is 0.0811. The first-order chi connectivity index (χ1) is 9.19. The molecule has 1 aromatic carbocycles. The SMILES string of the molecule is Cc1ccccc1[C@H](C)NC1CC(C)(C)CC(C)(C)C1. The third kappa shape index (κ3) is 3.85. The predicted molar refractivity (Wildman–Crippen MR) is 87.9 cm³/mol. The molecule has 0 radical (unpaired) electrons. The molecule has 2 rings (SSSR count). The molecule has 20 heavy (non-hydrogen) atoms. The van der Waals surface area contributed by atoms with Gasteiger partial charge in [-0.15, -0.1) is 0 Å². The lowest BCUT2D eigenvalue weighted by atomic mass is 9.63. The average Bonchev–Trinajstić information content (AvgIpc) is 2.24. The number of benzene rings is 1. The summed E-state index contributed by atoms with van der Waals surface area (Å²) < 4.78 is 0. The topological polar surface area (TPSA) is 12.0 Å². The van der Waals surface area contributed by atoms with Crippen molar-refractivity contribution in [2.75, 3.05) is 0 Å². The summed E-state index contributed by atoms with van der Waals surface area (Å²) in [4.78, 5) is 0. The van der Waals surface area contributed by atoms with Crippen LogP contribution in [0.3, 0.4) is 0 Å². The zero-order valence-electron chi connectivity index (χ0n) is 14.1. The summed E-state index contributed by atoms with van der Waals surface area (Å²) in [7, 11) is 0. The second-order valence-corrected chi connectivity index (χ2v) is 8.36. The largest absolute Gasteiger partial charge is 0.307 e. The van der Waals surface area contributed by atoms with Crippen LogP contribution < -0.4 is 5.32 Å². The minimum absolute atomic E-state index is 0.436. The summed E-state index contributed by atoms with van der Waals surface area (Å²) in [6.07, 6.45) is 3.90. The van der Waals surface area contributed by atoms with Gasteiger partial charge in [-0.1, -0.05) is 52.0 Å². The number of hydrogen-bond donors (Lipinski definition) is 1. The summed E-state index contributed by atoms with van der Waals surface area (Å²) in [6, 6.07) is 9.80. The Kier molecular flexibility index (Phi) is 4.30. The van der Waals surface area contributed by atoms with Crippen molar-refractivity contribution in [1.82, 2.24) is 5.32 Å². The van der Waals surface area contributed by atoms with Crippen molar-refractivity contribution in [2.24, 2.45) is 10.8 Å². The molecule has 1 N–H and O–H groups in total. The molecule has 1 atom stereocenters. The van der Waals surface area contributed by atoms with Gasteiger partial charge in [0.2, 0.25) is 0 Å². The Hall–Kier alpha value is -0.820. The van der Waals surface area contributed by atoms with E-state index in [9.17, 15) is 0 Å². The van der Waals surface area contributed by atoms with E-state index in [4.69, 9.17) is 0 Å². The minimum Gasteiger partial charge on any atom is -0.307 e. The molecule has 1 nitrogen and oxygen atoms in total. The predicted octanol–water partition coefficient (Wildman–Crippen LogP) is 5.25. The highest BCUT2D eigenvalue weighted by Crippen LogP contribution is 2.46. The van der Waals surface area contributed by atoms with Crippen molar-refractivity contribution >= 4 is 0 Å². The lowest BCUT2D eigenvalue weighted by Gasteiger charge is -2.46. The molecule has 0 bridgehead atoms. The maximum Gasteiger partial charge on any atom is 0.0296 e. The molecule has 0 aromatic heterocycles. The van der Waals surface area contributed by atoms with E-state index in [2.05, 4.69) is 71.1 Å². The van der Waals surface area contributed by atoms with Crippen molar-refractivity contribution in [2.45, 2.75) is 72.9 Å². The molecule has 0 unspecified atom stereocenters. The van der Waals surface area contributed by atoms with E-state index >= 15 is 0 Å². The fourth-order valence-electron chi connectivity index (χ4n) is 4.48. The molecule has 1 fully saturated rings. The summed E-state index contributed by atoms with van der Waals surface area (Å²) in [5, 5.41) is 3.89. The number of hydrogen-bond acceptors (Lipinski definition) is 1. The molecule has 0 spiro atoms. The molecule has 1 aromatic rings. The van der Waals surface area contributed by atoms with Gasteiger partial charge < -0.3 is 5.32 Å². The molecule has 0 aliphatic heterocycles. The minimum atomic E-state index is 0.436. The molecule has 1 aliphatic carbocycles. The first-order valence-electron chi connectivity index (χ1n) is 8.00. The Morgan fingerprint density at radius 2 is 1.60 bits per heavy atom. The zero-order chi connectivity index (χ0) is 15.0. The Morgan fingerprint density at radius 3 is 2.15 bits per heavy atom. The smallest absolute Gasteiger partial charge is 0.0296 e. The Labute approximate surface area is 125 Å². The monoisotopic (exact) mass is 273 g/mol. The average molecular weight is 273 g/mol. The molecule has 1 saturated carbocycles. The molecule has 0 saturated heterocycles. The van der Waals surface area contributed by atoms with Gasteiger partial charge in [0.05, 0.1) is 0 Å². The normalized spacial score (nSPS) is 23.5. The van der Waals surface area contributed by atoms with Crippen LogP contribution in [0.2, 0.25) is 0 Å². The first kappa shape index (κ1) is 15.6. The molecule has 112 valence electrons. The number of aryl methyl sites for hydroxylation is 1. The molecule has 1 aliphatic rings. The lowest BCUT2D eigenvalue weighted by Crippen LogP contribution is -2.44. The summed E-state index contributed by atoms with van der Waals surface area (Å²) in [5.41, 5.74) is 3.73. The van der Waals surface area contributed by atoms with E-state index in [1.165, 1.54) is 30.4 Å². The van der Waals surface area contributed by atoms with Crippen LogP contribution in [0.4, 0.5) is 0 Å². The van der Waals surface area contributed by atoms with Crippen LogP contribution in [-0.2, 0) is 0 Å². The van der Waals surface area contributed by atoms with Gasteiger partial charge in [-0.3, -0.25) is 0 Å². The van der Waals surface area contributed by atoms with Gasteiger partial charge in [0.25, 0.3) is 0 Å². The van der Waals surface area contributed by atoms with E-state index in [1.54, 1.807) is 0 Å². The Bertz CT molecular complexity index is 443. The Morgan fingerprint density at radius 1 is 1.05 bits per heavy atom. The van der Waals surface area contributed by atoms with E-state index in [0.29, 0.717) is 22.9 Å². The van der Waals surface area contributed by atoms with Crippen LogP contribution in [-0.4, -0.2) is 6.04 Å². The van der Waals surface area contributed by atoms with Crippen molar-refractivity contribution in [3.8, 4) is 0 Å². The van der Waals surface area contributed by atoms with Crippen molar-refractivity contribution in [1.29, 1.82) is 0 Å². The zero-order valence-corrected chi connectivity index (χ0v) is 14.1. The van der Waals surface area contributed by atoms with Gasteiger partial charge in [0.15, 0.2) is 0 Å². The summed E-state index contributed by atoms with van der Waals surface area (Å²) >= 11 is 0.